The average molecular weight is 561 g/mol. The van der Waals surface area contributed by atoms with Gasteiger partial charge in [-0.1, -0.05) is 65.3 Å². The van der Waals surface area contributed by atoms with Gasteiger partial charge in [0.2, 0.25) is 0 Å². The minimum absolute atomic E-state index is 0.0748. The Morgan fingerprint density at radius 2 is 2.03 bits per heavy atom. The smallest absolute Gasteiger partial charge is 0.338 e. The molecular weight excluding hydrogens is 540 g/mol. The lowest BCUT2D eigenvalue weighted by Crippen LogP contribution is -2.39. The van der Waals surface area contributed by atoms with Crippen LogP contribution in [0, 0.1) is 12.3 Å². The summed E-state index contributed by atoms with van der Waals surface area (Å²) in [6.07, 6.45) is 7.08. The maximum Gasteiger partial charge on any atom is 0.338 e. The second-order valence-corrected chi connectivity index (χ2v) is 10.5. The van der Waals surface area contributed by atoms with E-state index >= 15 is 0 Å². The van der Waals surface area contributed by atoms with Gasteiger partial charge in [-0.15, -0.1) is 17.8 Å². The fraction of sp³-hybridized carbons (Fsp3) is 0.138. The summed E-state index contributed by atoms with van der Waals surface area (Å²) in [6.45, 7) is 2.02. The number of carbonyl (C=O) groups is 1. The highest BCUT2D eigenvalue weighted by Crippen LogP contribution is 2.36. The Morgan fingerprint density at radius 3 is 2.74 bits per heavy atom. The first-order valence-electron chi connectivity index (χ1n) is 11.7. The lowest BCUT2D eigenvalue weighted by Gasteiger charge is -2.24. The molecule has 0 unspecified atom stereocenters. The molecule has 0 N–H and O–H groups in total. The van der Waals surface area contributed by atoms with E-state index in [2.05, 4.69) is 5.92 Å². The highest BCUT2D eigenvalue weighted by Gasteiger charge is 2.35. The number of ether oxygens (including phenoxy) is 2. The number of benzene rings is 2. The number of halogens is 1. The van der Waals surface area contributed by atoms with Gasteiger partial charge < -0.3 is 9.47 Å². The number of hydrogen-bond acceptors (Lipinski definition) is 7. The lowest BCUT2D eigenvalue weighted by atomic mass is 9.97. The first-order chi connectivity index (χ1) is 18.5. The number of hydrogen-bond donors (Lipinski definition) is 0. The summed E-state index contributed by atoms with van der Waals surface area (Å²) in [7, 11) is 0. The molecule has 0 spiro atoms. The van der Waals surface area contributed by atoms with Crippen molar-refractivity contribution in [1.82, 2.24) is 4.57 Å². The first kappa shape index (κ1) is 25.7. The molecule has 1 aliphatic heterocycles. The van der Waals surface area contributed by atoms with Crippen LogP contribution < -0.4 is 19.6 Å². The van der Waals surface area contributed by atoms with Crippen LogP contribution in [-0.4, -0.2) is 23.8 Å². The number of aromatic nitrogens is 1. The number of thiophene rings is 1. The van der Waals surface area contributed by atoms with Crippen molar-refractivity contribution in [3.8, 4) is 18.1 Å². The van der Waals surface area contributed by atoms with Gasteiger partial charge in [0.25, 0.3) is 5.56 Å². The minimum atomic E-state index is -0.695. The van der Waals surface area contributed by atoms with E-state index in [1.807, 2.05) is 47.8 Å². The molecule has 0 bridgehead atoms. The highest BCUT2D eigenvalue weighted by atomic mass is 35.5. The van der Waals surface area contributed by atoms with Crippen LogP contribution >= 0.6 is 34.3 Å². The van der Waals surface area contributed by atoms with E-state index < -0.39 is 12.0 Å². The molecule has 190 valence electrons. The van der Waals surface area contributed by atoms with Gasteiger partial charge in [0.1, 0.15) is 18.4 Å². The summed E-state index contributed by atoms with van der Waals surface area (Å²) in [4.78, 5) is 33.4. The van der Waals surface area contributed by atoms with Crippen LogP contribution in [0.1, 0.15) is 29.0 Å². The van der Waals surface area contributed by atoms with Crippen molar-refractivity contribution in [1.29, 1.82) is 0 Å². The SMILES string of the molecule is C#CCOc1ccc(Cl)cc1/C=c1\sc2n(c1=O)[C@H](c1cccs1)C(C(=O)OCC)=C(c1ccccc1)N=2. The molecule has 38 heavy (non-hydrogen) atoms. The number of rotatable bonds is 7. The van der Waals surface area contributed by atoms with E-state index in [-0.39, 0.29) is 18.8 Å². The second-order valence-electron chi connectivity index (χ2n) is 8.12. The minimum Gasteiger partial charge on any atom is -0.480 e. The van der Waals surface area contributed by atoms with E-state index in [4.69, 9.17) is 32.5 Å². The molecule has 9 heteroatoms. The largest absolute Gasteiger partial charge is 0.480 e. The molecule has 0 radical (unpaired) electrons. The summed E-state index contributed by atoms with van der Waals surface area (Å²) in [5, 5.41) is 2.40. The quantitative estimate of drug-likeness (QED) is 0.243. The molecule has 6 nitrogen and oxygen atoms in total. The van der Waals surface area contributed by atoms with Crippen LogP contribution in [0.5, 0.6) is 5.75 Å². The number of esters is 1. The molecule has 0 amide bonds. The van der Waals surface area contributed by atoms with Crippen molar-refractivity contribution < 1.29 is 14.3 Å². The number of nitrogens with zero attached hydrogens (tertiary/aromatic N) is 2. The van der Waals surface area contributed by atoms with Crippen LogP contribution in [0.3, 0.4) is 0 Å². The van der Waals surface area contributed by atoms with Crippen LogP contribution in [0.25, 0.3) is 11.8 Å². The van der Waals surface area contributed by atoms with Crippen molar-refractivity contribution >= 4 is 52.0 Å². The standard InChI is InChI=1S/C29H21ClN2O4S2/c1-3-14-36-21-13-12-20(30)16-19(21)17-23-27(33)32-26(22-11-8-15-37-22)24(28(34)35-4-2)25(31-29(32)38-23)18-9-6-5-7-10-18/h1,5-13,15-17,26H,4,14H2,2H3/b23-17-/t26-/m1/s1. The molecule has 0 saturated heterocycles. The van der Waals surface area contributed by atoms with Gasteiger partial charge >= 0.3 is 5.97 Å². The average Bonchev–Trinajstić information content (AvgIpc) is 3.56. The van der Waals surface area contributed by atoms with E-state index in [0.29, 0.717) is 36.9 Å². The van der Waals surface area contributed by atoms with Crippen molar-refractivity contribution in [3.63, 3.8) is 0 Å². The van der Waals surface area contributed by atoms with Gasteiger partial charge in [-0.3, -0.25) is 9.36 Å². The van der Waals surface area contributed by atoms with E-state index in [1.165, 1.54) is 22.7 Å². The Labute approximate surface area is 231 Å². The van der Waals surface area contributed by atoms with E-state index in [0.717, 1.165) is 10.4 Å². The Hall–Kier alpha value is -3.90. The van der Waals surface area contributed by atoms with Gasteiger partial charge in [-0.2, -0.15) is 0 Å². The topological polar surface area (TPSA) is 69.9 Å². The predicted molar refractivity (Wildman–Crippen MR) is 151 cm³/mol. The van der Waals surface area contributed by atoms with Crippen LogP contribution in [0.4, 0.5) is 0 Å². The molecule has 0 saturated carbocycles. The fourth-order valence-electron chi connectivity index (χ4n) is 4.18. The first-order valence-corrected chi connectivity index (χ1v) is 13.8. The number of thiazole rings is 1. The third-order valence-corrected chi connectivity index (χ3v) is 7.90. The van der Waals surface area contributed by atoms with Gasteiger partial charge in [0.15, 0.2) is 4.80 Å². The number of fused-ring (bicyclic) bond motifs is 1. The predicted octanol–water partition coefficient (Wildman–Crippen LogP) is 4.66. The summed E-state index contributed by atoms with van der Waals surface area (Å²) in [5.74, 6) is 2.44. The van der Waals surface area contributed by atoms with Gasteiger partial charge in [-0.25, -0.2) is 9.79 Å². The Morgan fingerprint density at radius 1 is 1.21 bits per heavy atom. The highest BCUT2D eigenvalue weighted by molar-refractivity contribution is 7.10. The lowest BCUT2D eigenvalue weighted by molar-refractivity contribution is -0.138. The third kappa shape index (κ3) is 4.96. The molecule has 1 atom stereocenters. The zero-order valence-electron chi connectivity index (χ0n) is 20.2. The van der Waals surface area contributed by atoms with Crippen LogP contribution in [0.15, 0.2) is 81.4 Å². The third-order valence-electron chi connectivity index (χ3n) is 5.76. The molecular formula is C29H21ClN2O4S2. The van der Waals surface area contributed by atoms with Gasteiger partial charge in [0, 0.05) is 21.0 Å². The van der Waals surface area contributed by atoms with Gasteiger partial charge in [0.05, 0.1) is 22.4 Å². The molecule has 4 aromatic rings. The molecule has 1 aliphatic rings. The Kier molecular flexibility index (Phi) is 7.61. The summed E-state index contributed by atoms with van der Waals surface area (Å²) >= 11 is 8.94. The van der Waals surface area contributed by atoms with Crippen LogP contribution in [-0.2, 0) is 9.53 Å². The normalized spacial score (nSPS) is 15.0. The van der Waals surface area contributed by atoms with E-state index in [9.17, 15) is 9.59 Å². The Balaban J connectivity index is 1.79. The number of carbonyl (C=O) groups excluding carboxylic acids is 1. The number of terminal acetylenes is 1. The van der Waals surface area contributed by atoms with Crippen molar-refractivity contribution in [2.45, 2.75) is 13.0 Å². The fourth-order valence-corrected chi connectivity index (χ4v) is 6.18. The van der Waals surface area contributed by atoms with Crippen molar-refractivity contribution in [2.24, 2.45) is 4.99 Å². The molecule has 2 aromatic heterocycles. The monoisotopic (exact) mass is 560 g/mol. The molecule has 2 aromatic carbocycles. The van der Waals surface area contributed by atoms with Gasteiger partial charge in [-0.05, 0) is 42.6 Å². The second kappa shape index (κ2) is 11.2. The molecule has 5 rings (SSSR count). The van der Waals surface area contributed by atoms with Crippen molar-refractivity contribution in [2.75, 3.05) is 13.2 Å². The summed E-state index contributed by atoms with van der Waals surface area (Å²) in [6, 6.07) is 17.7. The maximum absolute atomic E-state index is 13.9. The van der Waals surface area contributed by atoms with Crippen LogP contribution in [0.2, 0.25) is 5.02 Å². The molecule has 0 aliphatic carbocycles. The molecule has 0 fully saturated rings. The summed E-state index contributed by atoms with van der Waals surface area (Å²) < 4.78 is 13.1. The Bertz CT molecular complexity index is 1750. The van der Waals surface area contributed by atoms with Crippen molar-refractivity contribution in [3.05, 3.63) is 112 Å². The zero-order valence-corrected chi connectivity index (χ0v) is 22.6. The maximum atomic E-state index is 13.9. The van der Waals surface area contributed by atoms with E-state index in [1.54, 1.807) is 35.8 Å². The molecule has 3 heterocycles. The zero-order chi connectivity index (χ0) is 26.6. The summed E-state index contributed by atoms with van der Waals surface area (Å²) in [5.41, 5.74) is 1.88.